The van der Waals surface area contributed by atoms with Gasteiger partial charge in [0, 0.05) is 0 Å². The number of rotatable bonds is 3. The first-order valence-corrected chi connectivity index (χ1v) is 6.33. The quantitative estimate of drug-likeness (QED) is 0.878. The Balaban J connectivity index is 2.26. The standard InChI is InChI=1S/C13H14F3N5O/c1-12(2,3)22-21-11-18-7-17-10(20-11)8-5-4-6-9(19-8)13(14,15)16/h4-7H,1-3H3,(H,17,18,20,21). The van der Waals surface area contributed by atoms with Crippen LogP contribution in [0.5, 0.6) is 0 Å². The summed E-state index contributed by atoms with van der Waals surface area (Å²) in [6, 6.07) is 3.51. The molecule has 0 radical (unpaired) electrons. The van der Waals surface area contributed by atoms with Gasteiger partial charge in [0.05, 0.1) is 5.60 Å². The van der Waals surface area contributed by atoms with Crippen molar-refractivity contribution in [2.24, 2.45) is 0 Å². The lowest BCUT2D eigenvalue weighted by atomic mass is 10.2. The normalized spacial score (nSPS) is 12.3. The van der Waals surface area contributed by atoms with Gasteiger partial charge in [0.2, 0.25) is 0 Å². The third-order valence-electron chi connectivity index (χ3n) is 2.29. The highest BCUT2D eigenvalue weighted by molar-refractivity contribution is 5.50. The van der Waals surface area contributed by atoms with Gasteiger partial charge in [-0.1, -0.05) is 6.07 Å². The molecule has 118 valence electrons. The molecule has 1 N–H and O–H groups in total. The average molecular weight is 313 g/mol. The smallest absolute Gasteiger partial charge is 0.268 e. The molecule has 0 aliphatic carbocycles. The molecular formula is C13H14F3N5O. The van der Waals surface area contributed by atoms with Crippen LogP contribution in [0.4, 0.5) is 19.1 Å². The van der Waals surface area contributed by atoms with Crippen molar-refractivity contribution in [3.8, 4) is 11.5 Å². The van der Waals surface area contributed by atoms with E-state index in [1.807, 2.05) is 20.8 Å². The van der Waals surface area contributed by atoms with Gasteiger partial charge in [-0.05, 0) is 32.9 Å². The molecule has 9 heteroatoms. The van der Waals surface area contributed by atoms with Gasteiger partial charge < -0.3 is 0 Å². The van der Waals surface area contributed by atoms with E-state index in [4.69, 9.17) is 4.84 Å². The van der Waals surface area contributed by atoms with E-state index in [-0.39, 0.29) is 17.5 Å². The van der Waals surface area contributed by atoms with Crippen molar-refractivity contribution in [2.45, 2.75) is 32.5 Å². The third-order valence-corrected chi connectivity index (χ3v) is 2.29. The van der Waals surface area contributed by atoms with Crippen LogP contribution in [0.25, 0.3) is 11.5 Å². The molecule has 0 unspecified atom stereocenters. The lowest BCUT2D eigenvalue weighted by Crippen LogP contribution is -2.23. The average Bonchev–Trinajstić information content (AvgIpc) is 2.44. The molecule has 0 amide bonds. The number of alkyl halides is 3. The Morgan fingerprint density at radius 3 is 2.41 bits per heavy atom. The van der Waals surface area contributed by atoms with Crippen LogP contribution in [0.15, 0.2) is 24.5 Å². The highest BCUT2D eigenvalue weighted by Gasteiger charge is 2.32. The minimum Gasteiger partial charge on any atom is -0.268 e. The summed E-state index contributed by atoms with van der Waals surface area (Å²) in [6.07, 6.45) is -3.36. The minimum atomic E-state index is -4.53. The Morgan fingerprint density at radius 1 is 1.05 bits per heavy atom. The zero-order valence-corrected chi connectivity index (χ0v) is 12.1. The van der Waals surface area contributed by atoms with Gasteiger partial charge in [-0.25, -0.2) is 15.4 Å². The fourth-order valence-electron chi connectivity index (χ4n) is 1.38. The number of anilines is 1. The number of halogens is 3. The molecule has 22 heavy (non-hydrogen) atoms. The lowest BCUT2D eigenvalue weighted by molar-refractivity contribution is -0.141. The van der Waals surface area contributed by atoms with Crippen molar-refractivity contribution in [1.82, 2.24) is 19.9 Å². The maximum absolute atomic E-state index is 12.7. The molecule has 0 aliphatic heterocycles. The van der Waals surface area contributed by atoms with E-state index in [1.54, 1.807) is 0 Å². The van der Waals surface area contributed by atoms with Crippen molar-refractivity contribution >= 4 is 5.95 Å². The van der Waals surface area contributed by atoms with Gasteiger partial charge in [-0.3, -0.25) is 4.84 Å². The second-order valence-electron chi connectivity index (χ2n) is 5.36. The summed E-state index contributed by atoms with van der Waals surface area (Å²) in [6.45, 7) is 5.45. The summed E-state index contributed by atoms with van der Waals surface area (Å²) in [7, 11) is 0. The second-order valence-corrected chi connectivity index (χ2v) is 5.36. The summed E-state index contributed by atoms with van der Waals surface area (Å²) < 4.78 is 38.0. The third kappa shape index (κ3) is 4.35. The van der Waals surface area contributed by atoms with Crippen molar-refractivity contribution in [2.75, 3.05) is 5.48 Å². The summed E-state index contributed by atoms with van der Waals surface area (Å²) in [5, 5.41) is 0. The Kier molecular flexibility index (Phi) is 4.27. The molecule has 0 saturated heterocycles. The number of hydrogen-bond acceptors (Lipinski definition) is 6. The Labute approximate surface area is 124 Å². The van der Waals surface area contributed by atoms with E-state index in [9.17, 15) is 13.2 Å². The van der Waals surface area contributed by atoms with Crippen LogP contribution in [0, 0.1) is 0 Å². The van der Waals surface area contributed by atoms with Crippen molar-refractivity contribution in [3.63, 3.8) is 0 Å². The van der Waals surface area contributed by atoms with Crippen molar-refractivity contribution in [1.29, 1.82) is 0 Å². The predicted molar refractivity (Wildman–Crippen MR) is 72.5 cm³/mol. The van der Waals surface area contributed by atoms with Crippen LogP contribution in [0.2, 0.25) is 0 Å². The predicted octanol–water partition coefficient (Wildman–Crippen LogP) is 3.09. The van der Waals surface area contributed by atoms with Crippen LogP contribution in [0.3, 0.4) is 0 Å². The van der Waals surface area contributed by atoms with Gasteiger partial charge in [-0.15, -0.1) is 0 Å². The fourth-order valence-corrected chi connectivity index (χ4v) is 1.38. The molecule has 0 aromatic carbocycles. The largest absolute Gasteiger partial charge is 0.433 e. The van der Waals surface area contributed by atoms with Crippen LogP contribution < -0.4 is 5.48 Å². The first kappa shape index (κ1) is 16.1. The van der Waals surface area contributed by atoms with E-state index in [2.05, 4.69) is 25.4 Å². The van der Waals surface area contributed by atoms with Crippen LogP contribution in [-0.4, -0.2) is 25.5 Å². The van der Waals surface area contributed by atoms with Crippen LogP contribution in [-0.2, 0) is 11.0 Å². The highest BCUT2D eigenvalue weighted by Crippen LogP contribution is 2.28. The number of aromatic nitrogens is 4. The van der Waals surface area contributed by atoms with E-state index >= 15 is 0 Å². The maximum Gasteiger partial charge on any atom is 0.433 e. The van der Waals surface area contributed by atoms with E-state index in [0.29, 0.717) is 0 Å². The van der Waals surface area contributed by atoms with Crippen molar-refractivity contribution in [3.05, 3.63) is 30.2 Å². The molecule has 2 heterocycles. The van der Waals surface area contributed by atoms with E-state index in [1.165, 1.54) is 18.5 Å². The van der Waals surface area contributed by atoms with Crippen LogP contribution in [0.1, 0.15) is 26.5 Å². The number of pyridine rings is 1. The Morgan fingerprint density at radius 2 is 1.77 bits per heavy atom. The number of hydrogen-bond donors (Lipinski definition) is 1. The minimum absolute atomic E-state index is 0.00367. The van der Waals surface area contributed by atoms with Gasteiger partial charge in [0.15, 0.2) is 5.82 Å². The molecule has 0 spiro atoms. The number of nitrogens with zero attached hydrogens (tertiary/aromatic N) is 4. The molecule has 0 atom stereocenters. The maximum atomic E-state index is 12.7. The topological polar surface area (TPSA) is 72.8 Å². The summed E-state index contributed by atoms with van der Waals surface area (Å²) in [4.78, 5) is 20.4. The molecule has 0 saturated carbocycles. The highest BCUT2D eigenvalue weighted by atomic mass is 19.4. The van der Waals surface area contributed by atoms with E-state index < -0.39 is 17.5 Å². The Bertz CT molecular complexity index is 655. The monoisotopic (exact) mass is 313 g/mol. The van der Waals surface area contributed by atoms with Crippen LogP contribution >= 0.6 is 0 Å². The second kappa shape index (κ2) is 5.84. The molecule has 2 rings (SSSR count). The first-order valence-electron chi connectivity index (χ1n) is 6.33. The fraction of sp³-hybridized carbons (Fsp3) is 0.385. The molecule has 6 nitrogen and oxygen atoms in total. The molecule has 0 fully saturated rings. The molecule has 2 aromatic heterocycles. The zero-order valence-electron chi connectivity index (χ0n) is 12.1. The SMILES string of the molecule is CC(C)(C)ONc1ncnc(-c2cccc(C(F)(F)F)n2)n1. The summed E-state index contributed by atoms with van der Waals surface area (Å²) in [5.41, 5.74) is 1.03. The molecule has 0 aliphatic rings. The zero-order chi connectivity index (χ0) is 16.4. The summed E-state index contributed by atoms with van der Waals surface area (Å²) in [5.74, 6) is 0.0974. The number of nitrogens with one attached hydrogen (secondary N) is 1. The lowest BCUT2D eigenvalue weighted by Gasteiger charge is -2.18. The van der Waals surface area contributed by atoms with Gasteiger partial charge >= 0.3 is 6.18 Å². The van der Waals surface area contributed by atoms with Crippen molar-refractivity contribution < 1.29 is 18.0 Å². The van der Waals surface area contributed by atoms with Gasteiger partial charge in [0.1, 0.15) is 17.7 Å². The van der Waals surface area contributed by atoms with E-state index in [0.717, 1.165) is 6.07 Å². The van der Waals surface area contributed by atoms with Gasteiger partial charge in [-0.2, -0.15) is 23.1 Å². The Hall–Kier alpha value is -2.29. The van der Waals surface area contributed by atoms with Gasteiger partial charge in [0.25, 0.3) is 5.95 Å². The molecule has 2 aromatic rings. The summed E-state index contributed by atoms with van der Waals surface area (Å²) >= 11 is 0. The molecule has 0 bridgehead atoms. The first-order chi connectivity index (χ1) is 10.1. The molecular weight excluding hydrogens is 299 g/mol.